The highest BCUT2D eigenvalue weighted by Gasteiger charge is 2.20. The third-order valence-corrected chi connectivity index (χ3v) is 3.29. The zero-order valence-corrected chi connectivity index (χ0v) is 7.81. The highest BCUT2D eigenvalue weighted by molar-refractivity contribution is 7.91. The molecule has 0 saturated heterocycles. The van der Waals surface area contributed by atoms with Crippen molar-refractivity contribution in [2.45, 2.75) is 9.92 Å². The van der Waals surface area contributed by atoms with Crippen LogP contribution in [-0.2, 0) is 9.84 Å². The SMILES string of the molecule is O=S(=O)(c1ccccc1)c1cnon1. The second-order valence-electron chi connectivity index (χ2n) is 2.56. The molecular formula is C8H6N2O3S. The maximum Gasteiger partial charge on any atom is 0.228 e. The topological polar surface area (TPSA) is 73.1 Å². The first kappa shape index (κ1) is 8.89. The summed E-state index contributed by atoms with van der Waals surface area (Å²) in [7, 11) is -3.56. The summed E-state index contributed by atoms with van der Waals surface area (Å²) >= 11 is 0. The van der Waals surface area contributed by atoms with Crippen LogP contribution in [0.3, 0.4) is 0 Å². The van der Waals surface area contributed by atoms with Gasteiger partial charge in [0.15, 0.2) is 0 Å². The van der Waals surface area contributed by atoms with E-state index in [0.29, 0.717) is 0 Å². The van der Waals surface area contributed by atoms with E-state index in [0.717, 1.165) is 6.20 Å². The van der Waals surface area contributed by atoms with Gasteiger partial charge in [0.1, 0.15) is 6.20 Å². The molecule has 0 aliphatic rings. The quantitative estimate of drug-likeness (QED) is 0.736. The Labute approximate surface area is 80.3 Å². The molecule has 0 spiro atoms. The molecule has 6 heteroatoms. The van der Waals surface area contributed by atoms with Crippen LogP contribution in [0.2, 0.25) is 0 Å². The normalized spacial score (nSPS) is 11.4. The first-order chi connectivity index (χ1) is 6.71. The molecule has 1 aromatic heterocycles. The zero-order valence-electron chi connectivity index (χ0n) is 6.99. The molecule has 0 amide bonds. The Bertz CT molecular complexity index is 505. The smallest absolute Gasteiger partial charge is 0.228 e. The third kappa shape index (κ3) is 1.39. The summed E-state index contributed by atoms with van der Waals surface area (Å²) in [6, 6.07) is 7.99. The lowest BCUT2D eigenvalue weighted by molar-refractivity contribution is 0.297. The van der Waals surface area contributed by atoms with Gasteiger partial charge in [-0.05, 0) is 17.3 Å². The molecule has 2 aromatic rings. The minimum Gasteiger partial charge on any atom is -0.243 e. The van der Waals surface area contributed by atoms with E-state index in [1.807, 2.05) is 0 Å². The molecular weight excluding hydrogens is 204 g/mol. The van der Waals surface area contributed by atoms with E-state index in [4.69, 9.17) is 0 Å². The van der Waals surface area contributed by atoms with Crippen molar-refractivity contribution in [3.8, 4) is 0 Å². The number of benzene rings is 1. The van der Waals surface area contributed by atoms with Gasteiger partial charge in [-0.3, -0.25) is 0 Å². The van der Waals surface area contributed by atoms with E-state index in [2.05, 4.69) is 14.9 Å². The van der Waals surface area contributed by atoms with Crippen LogP contribution in [0.1, 0.15) is 0 Å². The van der Waals surface area contributed by atoms with Crippen molar-refractivity contribution in [1.29, 1.82) is 0 Å². The van der Waals surface area contributed by atoms with Gasteiger partial charge in [-0.2, -0.15) is 0 Å². The molecule has 14 heavy (non-hydrogen) atoms. The van der Waals surface area contributed by atoms with Crippen molar-refractivity contribution in [3.05, 3.63) is 36.5 Å². The first-order valence-electron chi connectivity index (χ1n) is 3.79. The monoisotopic (exact) mass is 210 g/mol. The highest BCUT2D eigenvalue weighted by Crippen LogP contribution is 2.16. The largest absolute Gasteiger partial charge is 0.243 e. The lowest BCUT2D eigenvalue weighted by Crippen LogP contribution is -2.01. The second-order valence-corrected chi connectivity index (χ2v) is 4.46. The fourth-order valence-electron chi connectivity index (χ4n) is 0.995. The summed E-state index contributed by atoms with van der Waals surface area (Å²) in [4.78, 5) is 0.177. The van der Waals surface area contributed by atoms with E-state index in [1.54, 1.807) is 18.2 Å². The van der Waals surface area contributed by atoms with Crippen LogP contribution >= 0.6 is 0 Å². The van der Waals surface area contributed by atoms with E-state index >= 15 is 0 Å². The Morgan fingerprint density at radius 1 is 1.14 bits per heavy atom. The van der Waals surface area contributed by atoms with Crippen molar-refractivity contribution in [3.63, 3.8) is 0 Å². The highest BCUT2D eigenvalue weighted by atomic mass is 32.2. The molecule has 0 atom stereocenters. The van der Waals surface area contributed by atoms with Crippen LogP contribution in [0.4, 0.5) is 0 Å². The fourth-order valence-corrected chi connectivity index (χ4v) is 2.07. The molecule has 5 nitrogen and oxygen atoms in total. The number of rotatable bonds is 2. The van der Waals surface area contributed by atoms with Crippen molar-refractivity contribution in [2.24, 2.45) is 0 Å². The Kier molecular flexibility index (Phi) is 2.05. The molecule has 0 aliphatic heterocycles. The van der Waals surface area contributed by atoms with Crippen molar-refractivity contribution in [1.82, 2.24) is 10.3 Å². The standard InChI is InChI=1S/C8H6N2O3S/c11-14(12,8-6-9-13-10-8)7-4-2-1-3-5-7/h1-6H. The number of aromatic nitrogens is 2. The molecule has 0 saturated carbocycles. The van der Waals surface area contributed by atoms with Crippen LogP contribution in [0.25, 0.3) is 0 Å². The lowest BCUT2D eigenvalue weighted by Gasteiger charge is -1.97. The minimum absolute atomic E-state index is 0.177. The van der Waals surface area contributed by atoms with Crippen LogP contribution in [0.15, 0.2) is 51.1 Å². The Hall–Kier alpha value is -1.69. The van der Waals surface area contributed by atoms with Gasteiger partial charge < -0.3 is 0 Å². The van der Waals surface area contributed by atoms with E-state index < -0.39 is 9.84 Å². The average molecular weight is 210 g/mol. The predicted molar refractivity (Wildman–Crippen MR) is 46.2 cm³/mol. The number of hydrogen-bond donors (Lipinski definition) is 0. The molecule has 0 N–H and O–H groups in total. The molecule has 0 radical (unpaired) electrons. The van der Waals surface area contributed by atoms with Gasteiger partial charge in [-0.25, -0.2) is 13.0 Å². The van der Waals surface area contributed by atoms with Gasteiger partial charge in [0.25, 0.3) is 0 Å². The summed E-state index contributed by atoms with van der Waals surface area (Å²) in [5.41, 5.74) is 0. The van der Waals surface area contributed by atoms with Crippen molar-refractivity contribution in [2.75, 3.05) is 0 Å². The fraction of sp³-hybridized carbons (Fsp3) is 0. The van der Waals surface area contributed by atoms with E-state index in [1.165, 1.54) is 12.1 Å². The Morgan fingerprint density at radius 3 is 2.43 bits per heavy atom. The van der Waals surface area contributed by atoms with Crippen LogP contribution in [0, 0.1) is 0 Å². The second kappa shape index (κ2) is 3.22. The van der Waals surface area contributed by atoms with Crippen LogP contribution < -0.4 is 0 Å². The summed E-state index contributed by atoms with van der Waals surface area (Å²) in [5, 5.41) is 6.36. The Morgan fingerprint density at radius 2 is 1.86 bits per heavy atom. The summed E-state index contributed by atoms with van der Waals surface area (Å²) in [6.07, 6.45) is 1.07. The lowest BCUT2D eigenvalue weighted by atomic mass is 10.4. The van der Waals surface area contributed by atoms with Crippen LogP contribution in [0.5, 0.6) is 0 Å². The van der Waals surface area contributed by atoms with Gasteiger partial charge in [0, 0.05) is 0 Å². The van der Waals surface area contributed by atoms with Crippen molar-refractivity contribution < 1.29 is 13.0 Å². The molecule has 1 aromatic carbocycles. The predicted octanol–water partition coefficient (Wildman–Crippen LogP) is 0.902. The van der Waals surface area contributed by atoms with Gasteiger partial charge in [-0.1, -0.05) is 23.4 Å². The van der Waals surface area contributed by atoms with Crippen LogP contribution in [-0.4, -0.2) is 18.7 Å². The molecule has 72 valence electrons. The average Bonchev–Trinajstić information content (AvgIpc) is 2.72. The maximum atomic E-state index is 11.7. The number of nitrogens with zero attached hydrogens (tertiary/aromatic N) is 2. The third-order valence-electron chi connectivity index (χ3n) is 1.67. The molecule has 2 rings (SSSR count). The molecule has 0 unspecified atom stereocenters. The summed E-state index contributed by atoms with van der Waals surface area (Å²) in [6.45, 7) is 0. The zero-order chi connectivity index (χ0) is 10.0. The molecule has 1 heterocycles. The van der Waals surface area contributed by atoms with E-state index in [-0.39, 0.29) is 9.92 Å². The number of hydrogen-bond acceptors (Lipinski definition) is 5. The molecule has 0 fully saturated rings. The van der Waals surface area contributed by atoms with Gasteiger partial charge in [0.2, 0.25) is 14.9 Å². The van der Waals surface area contributed by atoms with Gasteiger partial charge >= 0.3 is 0 Å². The minimum atomic E-state index is -3.56. The van der Waals surface area contributed by atoms with E-state index in [9.17, 15) is 8.42 Å². The Balaban J connectivity index is 2.55. The van der Waals surface area contributed by atoms with Gasteiger partial charge in [0.05, 0.1) is 4.90 Å². The first-order valence-corrected chi connectivity index (χ1v) is 5.27. The summed E-state index contributed by atoms with van der Waals surface area (Å²) < 4.78 is 27.7. The summed E-state index contributed by atoms with van der Waals surface area (Å²) in [5.74, 6) is 0. The van der Waals surface area contributed by atoms with Gasteiger partial charge in [-0.15, -0.1) is 0 Å². The van der Waals surface area contributed by atoms with Crippen molar-refractivity contribution >= 4 is 9.84 Å². The molecule has 0 bridgehead atoms. The number of sulfone groups is 1. The maximum absolute atomic E-state index is 11.7. The molecule has 0 aliphatic carbocycles.